The second-order valence-electron chi connectivity index (χ2n) is 12.4. The number of hydrogen-bond donors (Lipinski definition) is 1. The Morgan fingerprint density at radius 3 is 2.48 bits per heavy atom. The summed E-state index contributed by atoms with van der Waals surface area (Å²) in [5, 5.41) is 2.84. The van der Waals surface area contributed by atoms with E-state index in [-0.39, 0.29) is 42.8 Å². The average molecular weight is 609 g/mol. The van der Waals surface area contributed by atoms with E-state index in [1.54, 1.807) is 11.0 Å². The molecule has 1 heterocycles. The number of methoxy groups -OCH3 is 1. The minimum Gasteiger partial charge on any atom is -0.469 e. The first-order chi connectivity index (χ1) is 21.3. The Morgan fingerprint density at radius 2 is 1.82 bits per heavy atom. The Bertz CT molecular complexity index is 1160. The highest BCUT2D eigenvalue weighted by atomic mass is 16.6. The van der Waals surface area contributed by atoms with Crippen molar-refractivity contribution in [2.75, 3.05) is 13.7 Å². The quantitative estimate of drug-likeness (QED) is 0.138. The summed E-state index contributed by atoms with van der Waals surface area (Å²) in [7, 11) is 1.32. The number of alkyl carbamates (subject to hydrolysis) is 1. The van der Waals surface area contributed by atoms with Gasteiger partial charge in [-0.1, -0.05) is 55.3 Å². The van der Waals surface area contributed by atoms with Gasteiger partial charge in [-0.2, -0.15) is 0 Å². The molecule has 1 N–H and O–H groups in total. The molecule has 9 heteroatoms. The topological polar surface area (TPSA) is 111 Å². The minimum atomic E-state index is -0.945. The fraction of sp³-hybridized carbons (Fsp3) is 0.600. The van der Waals surface area contributed by atoms with E-state index >= 15 is 0 Å². The van der Waals surface area contributed by atoms with Crippen LogP contribution in [0.2, 0.25) is 0 Å². The lowest BCUT2D eigenvalue weighted by molar-refractivity contribution is -0.150. The van der Waals surface area contributed by atoms with Gasteiger partial charge < -0.3 is 24.4 Å². The monoisotopic (exact) mass is 608 g/mol. The summed E-state index contributed by atoms with van der Waals surface area (Å²) >= 11 is 0. The number of Topliss-reactive ketones (excluding diaryl/α,β-unsaturated/α-hetero) is 1. The van der Waals surface area contributed by atoms with Gasteiger partial charge in [-0.15, -0.1) is 13.2 Å². The summed E-state index contributed by atoms with van der Waals surface area (Å²) in [5.74, 6) is -1.12. The molecular formula is C35H48N2O7. The Hall–Kier alpha value is -3.46. The van der Waals surface area contributed by atoms with Crippen molar-refractivity contribution >= 4 is 23.8 Å². The van der Waals surface area contributed by atoms with Gasteiger partial charge in [-0.3, -0.25) is 14.4 Å². The molecule has 5 atom stereocenters. The number of esters is 1. The Kier molecular flexibility index (Phi) is 12.2. The third-order valence-electron chi connectivity index (χ3n) is 9.31. The lowest BCUT2D eigenvalue weighted by Crippen LogP contribution is -2.52. The standard InChI is InChI=1S/C35H48N2O7/c1-4-6-7-8-12-19-29(36-34(41)44-27-17-13-14-18-27)32(39)37-23-28(43-24-25-15-10-9-11-16-25)20-30(37)31(38)22-35(33(40)42-3)21-26(35)5-2/h4-5,9-11,15-16,26-30H,1-2,6-8,12-14,17-24H2,3H3,(H,36,41)/t26-,28-,29+,30+,35-/m1/s1. The molecule has 1 aromatic carbocycles. The fourth-order valence-electron chi connectivity index (χ4n) is 6.65. The van der Waals surface area contributed by atoms with Gasteiger partial charge in [-0.25, -0.2) is 4.79 Å². The van der Waals surface area contributed by atoms with E-state index in [9.17, 15) is 19.2 Å². The number of nitrogens with zero attached hydrogens (tertiary/aromatic N) is 1. The van der Waals surface area contributed by atoms with Crippen LogP contribution in [0.5, 0.6) is 0 Å². The van der Waals surface area contributed by atoms with E-state index in [2.05, 4.69) is 18.5 Å². The zero-order valence-corrected chi connectivity index (χ0v) is 26.0. The summed E-state index contributed by atoms with van der Waals surface area (Å²) in [6.07, 6.45) is 10.7. The van der Waals surface area contributed by atoms with Crippen molar-refractivity contribution in [2.45, 2.75) is 108 Å². The van der Waals surface area contributed by atoms with E-state index in [1.807, 2.05) is 36.4 Å². The molecule has 44 heavy (non-hydrogen) atoms. The number of unbranched alkanes of at least 4 members (excludes halogenated alkanes) is 3. The largest absolute Gasteiger partial charge is 0.469 e. The molecule has 1 aliphatic heterocycles. The molecule has 2 aliphatic carbocycles. The molecule has 4 rings (SSSR count). The van der Waals surface area contributed by atoms with Crippen molar-refractivity contribution in [3.05, 3.63) is 61.2 Å². The molecule has 0 aromatic heterocycles. The van der Waals surface area contributed by atoms with Crippen molar-refractivity contribution in [1.82, 2.24) is 10.2 Å². The highest BCUT2D eigenvalue weighted by Gasteiger charge is 2.61. The van der Waals surface area contributed by atoms with Gasteiger partial charge in [-0.05, 0) is 62.8 Å². The maximum absolute atomic E-state index is 14.2. The van der Waals surface area contributed by atoms with Crippen LogP contribution in [0.15, 0.2) is 55.6 Å². The number of benzene rings is 1. The molecule has 9 nitrogen and oxygen atoms in total. The van der Waals surface area contributed by atoms with Crippen LogP contribution in [0.25, 0.3) is 0 Å². The normalized spacial score (nSPS) is 25.2. The molecule has 2 amide bonds. The molecule has 0 radical (unpaired) electrons. The Labute approximate surface area is 261 Å². The number of hydrogen-bond acceptors (Lipinski definition) is 7. The van der Waals surface area contributed by atoms with Crippen molar-refractivity contribution in [3.63, 3.8) is 0 Å². The summed E-state index contributed by atoms with van der Waals surface area (Å²) in [6, 6.07) is 8.10. The average Bonchev–Trinajstić information content (AvgIpc) is 3.32. The number of ether oxygens (including phenoxy) is 3. The first-order valence-electron chi connectivity index (χ1n) is 16.1. The van der Waals surface area contributed by atoms with Crippen molar-refractivity contribution < 1.29 is 33.4 Å². The number of nitrogens with one attached hydrogen (secondary N) is 1. The van der Waals surface area contributed by atoms with Crippen molar-refractivity contribution in [1.29, 1.82) is 0 Å². The number of likely N-dealkylation sites (tertiary alicyclic amines) is 1. The van der Waals surface area contributed by atoms with Gasteiger partial charge in [0.1, 0.15) is 12.1 Å². The molecule has 2 saturated carbocycles. The smallest absolute Gasteiger partial charge is 0.408 e. The lowest BCUT2D eigenvalue weighted by atomic mass is 9.92. The van der Waals surface area contributed by atoms with Gasteiger partial charge in [0.05, 0.1) is 31.3 Å². The molecule has 1 aromatic rings. The highest BCUT2D eigenvalue weighted by molar-refractivity contribution is 5.96. The number of ketones is 1. The van der Waals surface area contributed by atoms with Crippen LogP contribution in [-0.4, -0.2) is 66.6 Å². The fourth-order valence-corrected chi connectivity index (χ4v) is 6.65. The van der Waals surface area contributed by atoms with E-state index in [1.165, 1.54) is 7.11 Å². The van der Waals surface area contributed by atoms with Crippen molar-refractivity contribution in [2.24, 2.45) is 11.3 Å². The van der Waals surface area contributed by atoms with E-state index in [0.29, 0.717) is 25.9 Å². The third-order valence-corrected chi connectivity index (χ3v) is 9.31. The Morgan fingerprint density at radius 1 is 1.07 bits per heavy atom. The van der Waals surface area contributed by atoms with Crippen LogP contribution in [0.3, 0.4) is 0 Å². The summed E-state index contributed by atoms with van der Waals surface area (Å²) < 4.78 is 16.9. The van der Waals surface area contributed by atoms with Gasteiger partial charge in [0.2, 0.25) is 5.91 Å². The van der Waals surface area contributed by atoms with Gasteiger partial charge >= 0.3 is 12.1 Å². The van der Waals surface area contributed by atoms with Crippen LogP contribution >= 0.6 is 0 Å². The van der Waals surface area contributed by atoms with Crippen LogP contribution in [0.4, 0.5) is 4.79 Å². The minimum absolute atomic E-state index is 0.0421. The number of allylic oxidation sites excluding steroid dienone is 2. The molecule has 0 unspecified atom stereocenters. The molecule has 0 bridgehead atoms. The van der Waals surface area contributed by atoms with E-state index in [0.717, 1.165) is 56.9 Å². The predicted octanol–water partition coefficient (Wildman–Crippen LogP) is 5.67. The third kappa shape index (κ3) is 8.58. The second-order valence-corrected chi connectivity index (χ2v) is 12.4. The summed E-state index contributed by atoms with van der Waals surface area (Å²) in [5.41, 5.74) is 0.0458. The summed E-state index contributed by atoms with van der Waals surface area (Å²) in [4.78, 5) is 55.3. The SMILES string of the molecule is C=CCCCCC[C@H](NC(=O)OC1CCCC1)C(=O)N1C[C@H](OCc2ccccc2)C[C@H]1C(=O)C[C@]1(C(=O)OC)C[C@H]1C=C. The first kappa shape index (κ1) is 33.4. The van der Waals surface area contributed by atoms with Crippen LogP contribution < -0.4 is 5.32 Å². The Balaban J connectivity index is 1.51. The predicted molar refractivity (Wildman–Crippen MR) is 166 cm³/mol. The van der Waals surface area contributed by atoms with Crippen LogP contribution in [0.1, 0.15) is 82.6 Å². The zero-order chi connectivity index (χ0) is 31.5. The number of rotatable bonds is 17. The maximum atomic E-state index is 14.2. The molecule has 1 saturated heterocycles. The molecule has 3 fully saturated rings. The molecule has 0 spiro atoms. The molecular weight excluding hydrogens is 560 g/mol. The number of amides is 2. The summed E-state index contributed by atoms with van der Waals surface area (Å²) in [6.45, 7) is 8.15. The van der Waals surface area contributed by atoms with E-state index < -0.39 is 29.6 Å². The number of carbonyl (C=O) groups is 4. The second kappa shape index (κ2) is 16.0. The maximum Gasteiger partial charge on any atom is 0.408 e. The van der Waals surface area contributed by atoms with Crippen molar-refractivity contribution in [3.8, 4) is 0 Å². The van der Waals surface area contributed by atoms with Gasteiger partial charge in [0.25, 0.3) is 0 Å². The zero-order valence-electron chi connectivity index (χ0n) is 26.0. The van der Waals surface area contributed by atoms with Gasteiger partial charge in [0.15, 0.2) is 5.78 Å². The van der Waals surface area contributed by atoms with Crippen LogP contribution in [-0.2, 0) is 35.2 Å². The molecule has 240 valence electrons. The number of carbonyl (C=O) groups excluding carboxylic acids is 4. The highest BCUT2D eigenvalue weighted by Crippen LogP contribution is 2.57. The lowest BCUT2D eigenvalue weighted by Gasteiger charge is -2.29. The van der Waals surface area contributed by atoms with E-state index in [4.69, 9.17) is 14.2 Å². The molecule has 3 aliphatic rings. The van der Waals surface area contributed by atoms with Crippen LogP contribution in [0, 0.1) is 11.3 Å². The van der Waals surface area contributed by atoms with Gasteiger partial charge in [0, 0.05) is 19.4 Å². The first-order valence-corrected chi connectivity index (χ1v) is 16.1.